The van der Waals surface area contributed by atoms with Crippen LogP contribution >= 0.6 is 0 Å². The van der Waals surface area contributed by atoms with Crippen LogP contribution in [0.2, 0.25) is 0 Å². The molecule has 0 spiro atoms. The van der Waals surface area contributed by atoms with Gasteiger partial charge in [0.15, 0.2) is 11.5 Å². The van der Waals surface area contributed by atoms with Crippen molar-refractivity contribution >= 4 is 17.4 Å². The van der Waals surface area contributed by atoms with Gasteiger partial charge in [-0.2, -0.15) is 0 Å². The van der Waals surface area contributed by atoms with Gasteiger partial charge in [-0.3, -0.25) is 4.79 Å². The molecule has 6 nitrogen and oxygen atoms in total. The fraction of sp³-hybridized carbons (Fsp3) is 0.312. The largest absolute Gasteiger partial charge is 0.376 e. The zero-order valence-electron chi connectivity index (χ0n) is 12.5. The van der Waals surface area contributed by atoms with E-state index >= 15 is 0 Å². The lowest BCUT2D eigenvalue weighted by Gasteiger charge is -2.10. The summed E-state index contributed by atoms with van der Waals surface area (Å²) < 4.78 is 18.6. The molecule has 3 rings (SSSR count). The number of halogens is 1. The highest BCUT2D eigenvalue weighted by molar-refractivity contribution is 5.92. The van der Waals surface area contributed by atoms with Crippen molar-refractivity contribution in [3.05, 3.63) is 47.9 Å². The molecule has 1 aromatic heterocycles. The summed E-state index contributed by atoms with van der Waals surface area (Å²) in [5.74, 6) is -0.190. The Balaban J connectivity index is 1.56. The molecule has 1 aliphatic heterocycles. The number of rotatable bonds is 5. The molecule has 2 N–H and O–H groups in total. The fourth-order valence-corrected chi connectivity index (χ4v) is 2.34. The summed E-state index contributed by atoms with van der Waals surface area (Å²) in [7, 11) is 0. The van der Waals surface area contributed by atoms with Gasteiger partial charge in [-0.15, -0.1) is 10.2 Å². The first-order chi connectivity index (χ1) is 11.2. The lowest BCUT2D eigenvalue weighted by Crippen LogP contribution is -2.32. The molecule has 1 amide bonds. The maximum absolute atomic E-state index is 13.1. The van der Waals surface area contributed by atoms with Crippen LogP contribution in [0.15, 0.2) is 36.4 Å². The van der Waals surface area contributed by atoms with Gasteiger partial charge in [-0.05, 0) is 43.2 Å². The van der Waals surface area contributed by atoms with Crippen molar-refractivity contribution in [2.75, 3.05) is 18.5 Å². The van der Waals surface area contributed by atoms with E-state index in [1.54, 1.807) is 24.3 Å². The zero-order valence-corrected chi connectivity index (χ0v) is 12.5. The lowest BCUT2D eigenvalue weighted by molar-refractivity contribution is 0.0853. The van der Waals surface area contributed by atoms with Gasteiger partial charge in [0.25, 0.3) is 5.91 Å². The van der Waals surface area contributed by atoms with Gasteiger partial charge < -0.3 is 15.4 Å². The van der Waals surface area contributed by atoms with E-state index in [1.165, 1.54) is 12.1 Å². The van der Waals surface area contributed by atoms with E-state index in [2.05, 4.69) is 20.8 Å². The number of hydrogen-bond acceptors (Lipinski definition) is 5. The van der Waals surface area contributed by atoms with Crippen LogP contribution in [0.1, 0.15) is 23.3 Å². The third kappa shape index (κ3) is 4.23. The molecular weight excluding hydrogens is 299 g/mol. The number of hydrogen-bond donors (Lipinski definition) is 2. The number of carbonyl (C=O) groups excluding carboxylic acids is 1. The molecule has 1 saturated heterocycles. The SMILES string of the molecule is O=C(NCC1CCCO1)c1ccc(Nc2cccc(F)c2)nn1. The first-order valence-electron chi connectivity index (χ1n) is 7.47. The van der Waals surface area contributed by atoms with Gasteiger partial charge in [0.2, 0.25) is 0 Å². The van der Waals surface area contributed by atoms with Crippen LogP contribution in [0.3, 0.4) is 0 Å². The van der Waals surface area contributed by atoms with E-state index in [4.69, 9.17) is 4.74 Å². The molecule has 0 saturated carbocycles. The Kier molecular flexibility index (Phi) is 4.77. The normalized spacial score (nSPS) is 17.0. The Labute approximate surface area is 133 Å². The van der Waals surface area contributed by atoms with E-state index < -0.39 is 0 Å². The van der Waals surface area contributed by atoms with Crippen molar-refractivity contribution in [1.82, 2.24) is 15.5 Å². The van der Waals surface area contributed by atoms with E-state index in [1.807, 2.05) is 0 Å². The summed E-state index contributed by atoms with van der Waals surface area (Å²) in [6.07, 6.45) is 2.07. The van der Waals surface area contributed by atoms with Crippen molar-refractivity contribution in [1.29, 1.82) is 0 Å². The number of carbonyl (C=O) groups is 1. The molecule has 1 aliphatic rings. The molecule has 2 heterocycles. The number of amides is 1. The van der Waals surface area contributed by atoms with Crippen LogP contribution in [-0.2, 0) is 4.74 Å². The minimum absolute atomic E-state index is 0.0841. The van der Waals surface area contributed by atoms with Gasteiger partial charge in [0, 0.05) is 18.8 Å². The van der Waals surface area contributed by atoms with Crippen LogP contribution < -0.4 is 10.6 Å². The zero-order chi connectivity index (χ0) is 16.1. The number of ether oxygens (including phenoxy) is 1. The van der Waals surface area contributed by atoms with Crippen LogP contribution in [0.25, 0.3) is 0 Å². The molecule has 23 heavy (non-hydrogen) atoms. The van der Waals surface area contributed by atoms with E-state index in [0.29, 0.717) is 18.1 Å². The molecular formula is C16H17FN4O2. The van der Waals surface area contributed by atoms with Crippen molar-refractivity contribution in [3.8, 4) is 0 Å². The summed E-state index contributed by atoms with van der Waals surface area (Å²) in [4.78, 5) is 12.0. The first kappa shape index (κ1) is 15.4. The van der Waals surface area contributed by atoms with Gasteiger partial charge in [0.05, 0.1) is 6.10 Å². The summed E-state index contributed by atoms with van der Waals surface area (Å²) in [5.41, 5.74) is 0.794. The van der Waals surface area contributed by atoms with Gasteiger partial charge >= 0.3 is 0 Å². The molecule has 1 atom stereocenters. The molecule has 0 bridgehead atoms. The van der Waals surface area contributed by atoms with Crippen LogP contribution in [-0.4, -0.2) is 35.4 Å². The molecule has 0 radical (unpaired) electrons. The van der Waals surface area contributed by atoms with E-state index in [0.717, 1.165) is 19.4 Å². The fourth-order valence-electron chi connectivity index (χ4n) is 2.34. The standard InChI is InChI=1S/C16H17FN4O2/c17-11-3-1-4-12(9-11)19-15-7-6-14(20-21-15)16(22)18-10-13-5-2-8-23-13/h1,3-4,6-7,9,13H,2,5,8,10H2,(H,18,22)(H,19,21). The highest BCUT2D eigenvalue weighted by atomic mass is 19.1. The maximum atomic E-state index is 13.1. The Morgan fingerprint density at radius 2 is 2.22 bits per heavy atom. The molecule has 1 unspecified atom stereocenters. The topological polar surface area (TPSA) is 76.1 Å². The number of nitrogens with one attached hydrogen (secondary N) is 2. The summed E-state index contributed by atoms with van der Waals surface area (Å²) in [6.45, 7) is 1.23. The van der Waals surface area contributed by atoms with Crippen molar-refractivity contribution in [2.24, 2.45) is 0 Å². The monoisotopic (exact) mass is 316 g/mol. The van der Waals surface area contributed by atoms with E-state index in [9.17, 15) is 9.18 Å². The maximum Gasteiger partial charge on any atom is 0.271 e. The van der Waals surface area contributed by atoms with Crippen molar-refractivity contribution < 1.29 is 13.9 Å². The Hall–Kier alpha value is -2.54. The smallest absolute Gasteiger partial charge is 0.271 e. The first-order valence-corrected chi connectivity index (χ1v) is 7.47. The molecule has 0 aliphatic carbocycles. The van der Waals surface area contributed by atoms with Gasteiger partial charge in [-0.1, -0.05) is 6.07 Å². The highest BCUT2D eigenvalue weighted by Crippen LogP contribution is 2.15. The van der Waals surface area contributed by atoms with Crippen LogP contribution in [0, 0.1) is 5.82 Å². The Morgan fingerprint density at radius 3 is 2.91 bits per heavy atom. The highest BCUT2D eigenvalue weighted by Gasteiger charge is 2.17. The molecule has 7 heteroatoms. The van der Waals surface area contributed by atoms with Crippen molar-refractivity contribution in [2.45, 2.75) is 18.9 Å². The Morgan fingerprint density at radius 1 is 1.30 bits per heavy atom. The van der Waals surface area contributed by atoms with Gasteiger partial charge in [-0.25, -0.2) is 4.39 Å². The molecule has 1 aromatic carbocycles. The molecule has 2 aromatic rings. The summed E-state index contributed by atoms with van der Waals surface area (Å²) in [5, 5.41) is 13.5. The van der Waals surface area contributed by atoms with Crippen LogP contribution in [0.4, 0.5) is 15.9 Å². The second-order valence-corrected chi connectivity index (χ2v) is 5.28. The third-order valence-corrected chi connectivity index (χ3v) is 3.51. The molecule has 120 valence electrons. The third-order valence-electron chi connectivity index (χ3n) is 3.51. The average Bonchev–Trinajstić information content (AvgIpc) is 3.07. The Bertz CT molecular complexity index is 672. The second-order valence-electron chi connectivity index (χ2n) is 5.28. The number of nitrogens with zero attached hydrogens (tertiary/aromatic N) is 2. The summed E-state index contributed by atoms with van der Waals surface area (Å²) >= 11 is 0. The average molecular weight is 316 g/mol. The second kappa shape index (κ2) is 7.15. The minimum Gasteiger partial charge on any atom is -0.376 e. The number of anilines is 2. The van der Waals surface area contributed by atoms with E-state index in [-0.39, 0.29) is 23.5 Å². The predicted octanol–water partition coefficient (Wildman–Crippen LogP) is 2.27. The number of aromatic nitrogens is 2. The number of benzene rings is 1. The van der Waals surface area contributed by atoms with Crippen LogP contribution in [0.5, 0.6) is 0 Å². The quantitative estimate of drug-likeness (QED) is 0.885. The minimum atomic E-state index is -0.340. The molecule has 1 fully saturated rings. The lowest BCUT2D eigenvalue weighted by atomic mass is 10.2. The predicted molar refractivity (Wildman–Crippen MR) is 83.0 cm³/mol. The van der Waals surface area contributed by atoms with Gasteiger partial charge in [0.1, 0.15) is 5.82 Å². The summed E-state index contributed by atoms with van der Waals surface area (Å²) in [6, 6.07) is 9.21. The van der Waals surface area contributed by atoms with Crippen molar-refractivity contribution in [3.63, 3.8) is 0 Å².